The van der Waals surface area contributed by atoms with Gasteiger partial charge in [-0.05, 0) is 54.4 Å². The topological polar surface area (TPSA) is 79.3 Å². The van der Waals surface area contributed by atoms with Crippen molar-refractivity contribution in [1.29, 1.82) is 0 Å². The summed E-state index contributed by atoms with van der Waals surface area (Å²) in [6.07, 6.45) is 0. The summed E-state index contributed by atoms with van der Waals surface area (Å²) in [6, 6.07) is 19.2. The standard InChI is InChI=1S/C28H26N2O5/c1-17-6-4-5-7-21(17)30-25(18-8-11-20(12-9-18)29(2)3)24(27(32)28(30)33)26(31)19-10-13-22-23(16-19)35-15-14-34-22/h4-13,16,25,31H,14-15H2,1-3H3/b26-24-. The number of aryl methyl sites for hydroxylation is 1. The predicted octanol–water partition coefficient (Wildman–Crippen LogP) is 4.46. The fourth-order valence-electron chi connectivity index (χ4n) is 4.53. The summed E-state index contributed by atoms with van der Waals surface area (Å²) in [6.45, 7) is 2.73. The molecule has 0 bridgehead atoms. The number of carbonyl (C=O) groups excluding carboxylic acids is 2. The zero-order chi connectivity index (χ0) is 24.7. The molecule has 2 aliphatic heterocycles. The highest BCUT2D eigenvalue weighted by Gasteiger charge is 2.47. The number of amides is 1. The van der Waals surface area contributed by atoms with Gasteiger partial charge in [-0.15, -0.1) is 0 Å². The van der Waals surface area contributed by atoms with Gasteiger partial charge in [-0.25, -0.2) is 0 Å². The summed E-state index contributed by atoms with van der Waals surface area (Å²) in [5, 5.41) is 11.4. The van der Waals surface area contributed by atoms with E-state index in [1.807, 2.05) is 74.4 Å². The molecule has 0 spiro atoms. The Bertz CT molecular complexity index is 1340. The zero-order valence-electron chi connectivity index (χ0n) is 19.8. The van der Waals surface area contributed by atoms with Gasteiger partial charge in [0, 0.05) is 31.0 Å². The molecule has 2 heterocycles. The van der Waals surface area contributed by atoms with Crippen molar-refractivity contribution in [3.8, 4) is 11.5 Å². The average Bonchev–Trinajstić information content (AvgIpc) is 3.13. The molecule has 7 nitrogen and oxygen atoms in total. The molecule has 35 heavy (non-hydrogen) atoms. The number of aliphatic hydroxyl groups excluding tert-OH is 1. The van der Waals surface area contributed by atoms with Crippen LogP contribution in [0.15, 0.2) is 72.3 Å². The molecule has 1 saturated heterocycles. The van der Waals surface area contributed by atoms with E-state index in [1.165, 1.54) is 4.90 Å². The number of carbonyl (C=O) groups is 2. The van der Waals surface area contributed by atoms with Crippen LogP contribution in [0, 0.1) is 6.92 Å². The first-order valence-electron chi connectivity index (χ1n) is 11.4. The van der Waals surface area contributed by atoms with Crippen LogP contribution < -0.4 is 19.3 Å². The SMILES string of the molecule is Cc1ccccc1N1C(=O)C(=O)/C(=C(\O)c2ccc3c(c2)OCCO3)C1c1ccc(N(C)C)cc1. The van der Waals surface area contributed by atoms with Gasteiger partial charge < -0.3 is 19.5 Å². The van der Waals surface area contributed by atoms with Crippen LogP contribution in [0.5, 0.6) is 11.5 Å². The molecule has 0 radical (unpaired) electrons. The van der Waals surface area contributed by atoms with E-state index in [0.29, 0.717) is 36.0 Å². The average molecular weight is 471 g/mol. The van der Waals surface area contributed by atoms with Gasteiger partial charge in [0.2, 0.25) is 0 Å². The van der Waals surface area contributed by atoms with E-state index in [0.717, 1.165) is 16.8 Å². The summed E-state index contributed by atoms with van der Waals surface area (Å²) in [5.41, 5.74) is 3.59. The van der Waals surface area contributed by atoms with E-state index in [-0.39, 0.29) is 11.3 Å². The fourth-order valence-corrected chi connectivity index (χ4v) is 4.53. The smallest absolute Gasteiger partial charge is 0.300 e. The largest absolute Gasteiger partial charge is 0.507 e. The zero-order valence-corrected chi connectivity index (χ0v) is 19.8. The molecule has 1 unspecified atom stereocenters. The number of hydrogen-bond donors (Lipinski definition) is 1. The highest BCUT2D eigenvalue weighted by Crippen LogP contribution is 2.44. The van der Waals surface area contributed by atoms with Crippen molar-refractivity contribution in [3.63, 3.8) is 0 Å². The Balaban J connectivity index is 1.69. The van der Waals surface area contributed by atoms with Crippen LogP contribution >= 0.6 is 0 Å². The van der Waals surface area contributed by atoms with Crippen LogP contribution in [0.2, 0.25) is 0 Å². The molecule has 0 aliphatic carbocycles. The number of fused-ring (bicyclic) bond motifs is 1. The summed E-state index contributed by atoms with van der Waals surface area (Å²) >= 11 is 0. The molecule has 2 aliphatic rings. The highest BCUT2D eigenvalue weighted by molar-refractivity contribution is 6.51. The molecular weight excluding hydrogens is 444 g/mol. The number of nitrogens with zero attached hydrogens (tertiary/aromatic N) is 2. The van der Waals surface area contributed by atoms with E-state index in [9.17, 15) is 14.7 Å². The van der Waals surface area contributed by atoms with Gasteiger partial charge >= 0.3 is 0 Å². The molecule has 1 atom stereocenters. The number of ether oxygens (including phenoxy) is 2. The normalized spacial score (nSPS) is 18.6. The molecule has 1 N–H and O–H groups in total. The van der Waals surface area contributed by atoms with Gasteiger partial charge in [0.1, 0.15) is 19.0 Å². The van der Waals surface area contributed by atoms with Gasteiger partial charge in [-0.2, -0.15) is 0 Å². The van der Waals surface area contributed by atoms with E-state index in [4.69, 9.17) is 9.47 Å². The third-order valence-corrected chi connectivity index (χ3v) is 6.36. The van der Waals surface area contributed by atoms with Crippen molar-refractivity contribution in [2.24, 2.45) is 0 Å². The Morgan fingerprint density at radius 2 is 1.63 bits per heavy atom. The molecule has 0 aromatic heterocycles. The molecule has 3 aromatic carbocycles. The molecular formula is C28H26N2O5. The molecule has 3 aromatic rings. The van der Waals surface area contributed by atoms with Crippen molar-refractivity contribution < 1.29 is 24.2 Å². The number of anilines is 2. The lowest BCUT2D eigenvalue weighted by Crippen LogP contribution is -2.30. The third kappa shape index (κ3) is 3.89. The lowest BCUT2D eigenvalue weighted by Gasteiger charge is -2.27. The van der Waals surface area contributed by atoms with Gasteiger partial charge in [-0.3, -0.25) is 14.5 Å². The molecule has 1 fully saturated rings. The lowest BCUT2D eigenvalue weighted by atomic mass is 9.94. The first-order chi connectivity index (χ1) is 16.9. The molecule has 1 amide bonds. The van der Waals surface area contributed by atoms with Crippen molar-refractivity contribution in [1.82, 2.24) is 0 Å². The number of hydrogen-bond acceptors (Lipinski definition) is 6. The first kappa shape index (κ1) is 22.5. The summed E-state index contributed by atoms with van der Waals surface area (Å²) < 4.78 is 11.2. The lowest BCUT2D eigenvalue weighted by molar-refractivity contribution is -0.132. The monoisotopic (exact) mass is 470 g/mol. The minimum Gasteiger partial charge on any atom is -0.507 e. The maximum absolute atomic E-state index is 13.4. The maximum Gasteiger partial charge on any atom is 0.300 e. The Morgan fingerprint density at radius 3 is 2.31 bits per heavy atom. The second kappa shape index (κ2) is 8.83. The van der Waals surface area contributed by atoms with E-state index in [2.05, 4.69) is 0 Å². The fraction of sp³-hybridized carbons (Fsp3) is 0.214. The summed E-state index contributed by atoms with van der Waals surface area (Å²) in [7, 11) is 3.88. The van der Waals surface area contributed by atoms with Gasteiger partial charge in [0.15, 0.2) is 11.5 Å². The van der Waals surface area contributed by atoms with E-state index < -0.39 is 17.7 Å². The number of aliphatic hydroxyl groups is 1. The first-order valence-corrected chi connectivity index (χ1v) is 11.4. The Kier molecular flexibility index (Phi) is 5.68. The highest BCUT2D eigenvalue weighted by atomic mass is 16.6. The van der Waals surface area contributed by atoms with Crippen LogP contribution in [-0.4, -0.2) is 44.1 Å². The van der Waals surface area contributed by atoms with Crippen molar-refractivity contribution in [2.45, 2.75) is 13.0 Å². The van der Waals surface area contributed by atoms with E-state index >= 15 is 0 Å². The van der Waals surface area contributed by atoms with Crippen LogP contribution in [0.3, 0.4) is 0 Å². The van der Waals surface area contributed by atoms with Gasteiger partial charge in [0.05, 0.1) is 11.6 Å². The number of rotatable bonds is 4. The third-order valence-electron chi connectivity index (χ3n) is 6.36. The number of para-hydroxylation sites is 1. The molecule has 0 saturated carbocycles. The number of ketones is 1. The predicted molar refractivity (Wildman–Crippen MR) is 134 cm³/mol. The van der Waals surface area contributed by atoms with Crippen LogP contribution in [0.25, 0.3) is 5.76 Å². The van der Waals surface area contributed by atoms with E-state index in [1.54, 1.807) is 18.2 Å². The van der Waals surface area contributed by atoms with Gasteiger partial charge in [-0.1, -0.05) is 30.3 Å². The van der Waals surface area contributed by atoms with Crippen molar-refractivity contribution in [3.05, 3.63) is 89.0 Å². The minimum absolute atomic E-state index is 0.0348. The van der Waals surface area contributed by atoms with Crippen molar-refractivity contribution >= 4 is 28.8 Å². The van der Waals surface area contributed by atoms with Gasteiger partial charge in [0.25, 0.3) is 11.7 Å². The number of Topliss-reactive ketones (excluding diaryl/α,β-unsaturated/α-hetero) is 1. The summed E-state index contributed by atoms with van der Waals surface area (Å²) in [4.78, 5) is 30.2. The summed E-state index contributed by atoms with van der Waals surface area (Å²) in [5.74, 6) is -0.607. The maximum atomic E-state index is 13.4. The number of benzene rings is 3. The van der Waals surface area contributed by atoms with Crippen molar-refractivity contribution in [2.75, 3.05) is 37.1 Å². The quantitative estimate of drug-likeness (QED) is 0.345. The molecule has 7 heteroatoms. The van der Waals surface area contributed by atoms with Crippen LogP contribution in [-0.2, 0) is 9.59 Å². The second-order valence-electron chi connectivity index (χ2n) is 8.80. The molecule has 5 rings (SSSR count). The Labute approximate surface area is 203 Å². The minimum atomic E-state index is -0.791. The Hall–Kier alpha value is -4.26. The Morgan fingerprint density at radius 1 is 0.943 bits per heavy atom. The van der Waals surface area contributed by atoms with Crippen LogP contribution in [0.4, 0.5) is 11.4 Å². The van der Waals surface area contributed by atoms with Crippen LogP contribution in [0.1, 0.15) is 22.7 Å². The second-order valence-corrected chi connectivity index (χ2v) is 8.80. The molecule has 178 valence electrons.